The Hall–Kier alpha value is -4.71. The summed E-state index contributed by atoms with van der Waals surface area (Å²) in [6.45, 7) is 7.41. The van der Waals surface area contributed by atoms with Gasteiger partial charge in [-0.05, 0) is 37.5 Å². The molecule has 3 amide bonds. The van der Waals surface area contributed by atoms with Gasteiger partial charge in [0, 0.05) is 35.4 Å². The highest BCUT2D eigenvalue weighted by Gasteiger charge is 2.61. The fraction of sp³-hybridized carbons (Fsp3) is 0.333. The van der Waals surface area contributed by atoms with E-state index in [-0.39, 0.29) is 19.4 Å². The number of hydrogen-bond acceptors (Lipinski definition) is 8. The number of nitrogens with zero attached hydrogens (tertiary/aromatic N) is 2. The summed E-state index contributed by atoms with van der Waals surface area (Å²) in [7, 11) is -2.25. The number of carbonyl (C=O) groups is 3. The van der Waals surface area contributed by atoms with E-state index in [2.05, 4.69) is 23.2 Å². The van der Waals surface area contributed by atoms with Gasteiger partial charge < -0.3 is 19.7 Å². The van der Waals surface area contributed by atoms with Crippen LogP contribution in [0.1, 0.15) is 25.7 Å². The molecule has 2 aromatic carbocycles. The lowest BCUT2D eigenvalue weighted by atomic mass is 10.1. The van der Waals surface area contributed by atoms with E-state index < -0.39 is 56.6 Å². The maximum atomic E-state index is 13.7. The van der Waals surface area contributed by atoms with Crippen molar-refractivity contribution >= 4 is 38.6 Å². The molecule has 0 bridgehead atoms. The summed E-state index contributed by atoms with van der Waals surface area (Å²) >= 11 is 0. The van der Waals surface area contributed by atoms with E-state index in [1.54, 1.807) is 13.2 Å². The van der Waals surface area contributed by atoms with Gasteiger partial charge in [0.2, 0.25) is 21.8 Å². The molecule has 1 saturated heterocycles. The Balaban J connectivity index is 1.26. The molecule has 234 valence electrons. The van der Waals surface area contributed by atoms with E-state index in [1.807, 2.05) is 48.5 Å². The molecule has 1 aliphatic heterocycles. The maximum absolute atomic E-state index is 13.7. The highest BCUT2D eigenvalue weighted by molar-refractivity contribution is 7.91. The lowest BCUT2D eigenvalue weighted by Crippen LogP contribution is -2.56. The molecular formula is C33H34N4O7S. The lowest BCUT2D eigenvalue weighted by molar-refractivity contribution is -0.137. The van der Waals surface area contributed by atoms with Crippen LogP contribution in [0.2, 0.25) is 0 Å². The Morgan fingerprint density at radius 1 is 1.09 bits per heavy atom. The fourth-order valence-corrected chi connectivity index (χ4v) is 7.21. The first-order chi connectivity index (χ1) is 21.6. The van der Waals surface area contributed by atoms with Crippen LogP contribution in [0.3, 0.4) is 0 Å². The molecule has 3 fully saturated rings. The van der Waals surface area contributed by atoms with Crippen molar-refractivity contribution in [1.82, 2.24) is 19.9 Å². The number of methoxy groups -OCH3 is 1. The standard InChI is InChI=1S/C33H34N4O7S/c1-4-21-18-33(21,32(40)36-45(41,42)24-12-13-24)35-31(39)28-16-23(19-37(28)30(38)5-2)44-29-17-26(20-9-7-6-8-10-20)34-27-15-22(43-3)11-14-25(27)29/h4-11,14-15,17,21,23-24,28H,1-2,12-13,16,18-19H2,3H3,(H,35,39)(H,36,40)/t21?,23-,28?,33-/m1/s1. The van der Waals surface area contributed by atoms with Crippen molar-refractivity contribution in [3.63, 3.8) is 0 Å². The van der Waals surface area contributed by atoms with E-state index in [9.17, 15) is 22.8 Å². The van der Waals surface area contributed by atoms with E-state index >= 15 is 0 Å². The molecule has 1 aromatic heterocycles. The summed E-state index contributed by atoms with van der Waals surface area (Å²) in [5.74, 6) is -1.16. The zero-order valence-electron chi connectivity index (χ0n) is 24.8. The second-order valence-corrected chi connectivity index (χ2v) is 13.6. The summed E-state index contributed by atoms with van der Waals surface area (Å²) in [6, 6.07) is 15.9. The molecule has 0 spiro atoms. The van der Waals surface area contributed by atoms with E-state index in [1.165, 1.54) is 11.0 Å². The number of sulfonamides is 1. The number of rotatable bonds is 11. The number of fused-ring (bicyclic) bond motifs is 1. The highest BCUT2D eigenvalue weighted by Crippen LogP contribution is 2.45. The van der Waals surface area contributed by atoms with Crippen LogP contribution in [-0.2, 0) is 24.4 Å². The van der Waals surface area contributed by atoms with Crippen molar-refractivity contribution in [2.45, 2.75) is 48.6 Å². The van der Waals surface area contributed by atoms with Crippen LogP contribution in [0.25, 0.3) is 22.2 Å². The smallest absolute Gasteiger partial charge is 0.259 e. The molecule has 2 aliphatic carbocycles. The topological polar surface area (TPSA) is 144 Å². The minimum atomic E-state index is -3.83. The van der Waals surface area contributed by atoms with Gasteiger partial charge in [0.05, 0.1) is 30.1 Å². The normalized spacial score (nSPS) is 24.0. The first kappa shape index (κ1) is 30.3. The number of carbonyl (C=O) groups excluding carboxylic acids is 3. The Labute approximate surface area is 261 Å². The SMILES string of the molecule is C=CC(=O)N1C[C@H](Oc2cc(-c3ccccc3)nc3cc(OC)ccc23)CC1C(=O)N[C@]1(C(=O)NS(=O)(=O)C2CC2)CC1C=C. The van der Waals surface area contributed by atoms with Crippen LogP contribution in [0.5, 0.6) is 11.5 Å². The van der Waals surface area contributed by atoms with Crippen molar-refractivity contribution < 1.29 is 32.3 Å². The average Bonchev–Trinajstić information content (AvgIpc) is 3.97. The quantitative estimate of drug-likeness (QED) is 0.243. The number of amides is 3. The number of hydrogen-bond donors (Lipinski definition) is 2. The second kappa shape index (κ2) is 11.7. The van der Waals surface area contributed by atoms with Gasteiger partial charge in [-0.1, -0.05) is 43.0 Å². The summed E-state index contributed by atoms with van der Waals surface area (Å²) in [6.07, 6.45) is 3.36. The van der Waals surface area contributed by atoms with Gasteiger partial charge >= 0.3 is 0 Å². The molecule has 3 aliphatic rings. The molecule has 4 atom stereocenters. The Kier molecular flexibility index (Phi) is 7.86. The molecule has 2 N–H and O–H groups in total. The van der Waals surface area contributed by atoms with Crippen LogP contribution in [-0.4, -0.2) is 72.6 Å². The third-order valence-corrected chi connectivity index (χ3v) is 10.4. The van der Waals surface area contributed by atoms with Crippen LogP contribution < -0.4 is 19.5 Å². The molecule has 12 heteroatoms. The molecule has 2 unspecified atom stereocenters. The monoisotopic (exact) mass is 630 g/mol. The third-order valence-electron chi connectivity index (χ3n) is 8.61. The van der Waals surface area contributed by atoms with Gasteiger partial charge in [0.25, 0.3) is 5.91 Å². The van der Waals surface area contributed by atoms with Crippen molar-refractivity contribution in [2.75, 3.05) is 13.7 Å². The minimum absolute atomic E-state index is 0.0870. The fourth-order valence-electron chi connectivity index (χ4n) is 5.85. The Morgan fingerprint density at radius 2 is 1.84 bits per heavy atom. The maximum Gasteiger partial charge on any atom is 0.259 e. The zero-order chi connectivity index (χ0) is 31.9. The number of aromatic nitrogens is 1. The summed E-state index contributed by atoms with van der Waals surface area (Å²) < 4.78 is 39.0. The van der Waals surface area contributed by atoms with Gasteiger partial charge in [-0.2, -0.15) is 0 Å². The van der Waals surface area contributed by atoms with Crippen molar-refractivity contribution in [3.8, 4) is 22.8 Å². The predicted octanol–water partition coefficient (Wildman–Crippen LogP) is 3.11. The number of ether oxygens (including phenoxy) is 2. The van der Waals surface area contributed by atoms with Gasteiger partial charge in [0.1, 0.15) is 29.2 Å². The number of benzene rings is 2. The Morgan fingerprint density at radius 3 is 2.49 bits per heavy atom. The summed E-state index contributed by atoms with van der Waals surface area (Å²) in [5, 5.41) is 2.89. The molecule has 2 saturated carbocycles. The predicted molar refractivity (Wildman–Crippen MR) is 168 cm³/mol. The van der Waals surface area contributed by atoms with Gasteiger partial charge in [-0.25, -0.2) is 13.4 Å². The number of likely N-dealkylation sites (tertiary alicyclic amines) is 1. The average molecular weight is 631 g/mol. The second-order valence-electron chi connectivity index (χ2n) is 11.6. The van der Waals surface area contributed by atoms with Crippen molar-refractivity contribution in [3.05, 3.63) is 79.9 Å². The van der Waals surface area contributed by atoms with Gasteiger partial charge in [-0.15, -0.1) is 6.58 Å². The molecular weight excluding hydrogens is 596 g/mol. The molecule has 3 aromatic rings. The van der Waals surface area contributed by atoms with Crippen LogP contribution in [0, 0.1) is 5.92 Å². The zero-order valence-corrected chi connectivity index (χ0v) is 25.6. The molecule has 0 radical (unpaired) electrons. The summed E-state index contributed by atoms with van der Waals surface area (Å²) in [4.78, 5) is 46.1. The molecule has 11 nitrogen and oxygen atoms in total. The minimum Gasteiger partial charge on any atom is -0.497 e. The van der Waals surface area contributed by atoms with Crippen LogP contribution >= 0.6 is 0 Å². The Bertz CT molecular complexity index is 1810. The number of nitrogens with one attached hydrogen (secondary N) is 2. The van der Waals surface area contributed by atoms with Crippen LogP contribution in [0.15, 0.2) is 79.9 Å². The largest absolute Gasteiger partial charge is 0.497 e. The van der Waals surface area contributed by atoms with Gasteiger partial charge in [0.15, 0.2) is 0 Å². The van der Waals surface area contributed by atoms with E-state index in [0.717, 1.165) is 17.0 Å². The van der Waals surface area contributed by atoms with E-state index in [0.29, 0.717) is 35.6 Å². The molecule has 6 rings (SSSR count). The number of pyridine rings is 1. The first-order valence-corrected chi connectivity index (χ1v) is 16.3. The van der Waals surface area contributed by atoms with E-state index in [4.69, 9.17) is 14.5 Å². The first-order valence-electron chi connectivity index (χ1n) is 14.7. The lowest BCUT2D eigenvalue weighted by Gasteiger charge is -2.25. The highest BCUT2D eigenvalue weighted by atomic mass is 32.2. The van der Waals surface area contributed by atoms with Crippen LogP contribution in [0.4, 0.5) is 0 Å². The molecule has 45 heavy (non-hydrogen) atoms. The van der Waals surface area contributed by atoms with Crippen molar-refractivity contribution in [2.24, 2.45) is 5.92 Å². The third kappa shape index (κ3) is 5.89. The molecule has 2 heterocycles. The summed E-state index contributed by atoms with van der Waals surface area (Å²) in [5.41, 5.74) is 0.743. The van der Waals surface area contributed by atoms with Crippen molar-refractivity contribution in [1.29, 1.82) is 0 Å². The van der Waals surface area contributed by atoms with Gasteiger partial charge in [-0.3, -0.25) is 19.1 Å².